The number of rotatable bonds is 6. The fraction of sp³-hybridized carbons (Fsp3) is 0.444. The van der Waals surface area contributed by atoms with Crippen molar-refractivity contribution in [1.82, 2.24) is 4.90 Å². The number of nitrogens with zero attached hydrogens (tertiary/aromatic N) is 1. The Labute approximate surface area is 131 Å². The summed E-state index contributed by atoms with van der Waals surface area (Å²) in [4.78, 5) is 25.4. The van der Waals surface area contributed by atoms with Crippen molar-refractivity contribution >= 4 is 11.9 Å². The first-order chi connectivity index (χ1) is 10.6. The van der Waals surface area contributed by atoms with E-state index in [-0.39, 0.29) is 5.91 Å². The van der Waals surface area contributed by atoms with E-state index in [4.69, 9.17) is 0 Å². The van der Waals surface area contributed by atoms with Crippen LogP contribution in [0.25, 0.3) is 0 Å². The quantitative estimate of drug-likeness (QED) is 0.819. The topological polar surface area (TPSA) is 57.6 Å². The van der Waals surface area contributed by atoms with Gasteiger partial charge in [0.25, 0.3) is 0 Å². The average Bonchev–Trinajstić information content (AvgIpc) is 2.53. The molecule has 1 aromatic rings. The second-order valence-electron chi connectivity index (χ2n) is 5.81. The lowest BCUT2D eigenvalue weighted by Gasteiger charge is -2.27. The number of aliphatic carboxylic acids is 1. The summed E-state index contributed by atoms with van der Waals surface area (Å²) in [7, 11) is 0. The minimum Gasteiger partial charge on any atom is -0.480 e. The van der Waals surface area contributed by atoms with Gasteiger partial charge in [0, 0.05) is 13.0 Å². The third-order valence-electron chi connectivity index (χ3n) is 4.10. The highest BCUT2D eigenvalue weighted by atomic mass is 16.4. The van der Waals surface area contributed by atoms with Gasteiger partial charge in [0.05, 0.1) is 0 Å². The highest BCUT2D eigenvalue weighted by Crippen LogP contribution is 2.22. The Kier molecular flexibility index (Phi) is 5.75. The number of carboxylic acids is 1. The molecule has 2 rings (SSSR count). The predicted molar refractivity (Wildman–Crippen MR) is 85.3 cm³/mol. The van der Waals surface area contributed by atoms with Crippen LogP contribution < -0.4 is 0 Å². The molecule has 4 heteroatoms. The van der Waals surface area contributed by atoms with E-state index < -0.39 is 12.0 Å². The summed E-state index contributed by atoms with van der Waals surface area (Å²) in [6.07, 6.45) is 6.74. The molecule has 1 aliphatic carbocycles. The molecule has 0 heterocycles. The molecular weight excluding hydrogens is 278 g/mol. The Morgan fingerprint density at radius 1 is 1.23 bits per heavy atom. The van der Waals surface area contributed by atoms with Crippen molar-refractivity contribution in [2.75, 3.05) is 0 Å². The molecule has 0 radical (unpaired) electrons. The van der Waals surface area contributed by atoms with Gasteiger partial charge in [-0.25, -0.2) is 4.79 Å². The third kappa shape index (κ3) is 4.45. The van der Waals surface area contributed by atoms with Gasteiger partial charge in [-0.1, -0.05) is 42.0 Å². The zero-order valence-electron chi connectivity index (χ0n) is 13.0. The van der Waals surface area contributed by atoms with Gasteiger partial charge in [0.2, 0.25) is 5.91 Å². The lowest BCUT2D eigenvalue weighted by Crippen LogP contribution is -2.42. The molecule has 1 amide bonds. The van der Waals surface area contributed by atoms with Gasteiger partial charge in [-0.3, -0.25) is 4.79 Å². The van der Waals surface area contributed by atoms with E-state index in [0.717, 1.165) is 30.4 Å². The number of carboxylic acid groups (broad SMARTS) is 1. The average molecular weight is 301 g/mol. The molecule has 1 atom stereocenters. The number of carbonyl (C=O) groups is 2. The zero-order chi connectivity index (χ0) is 15.9. The monoisotopic (exact) mass is 301 g/mol. The summed E-state index contributed by atoms with van der Waals surface area (Å²) in [5.41, 5.74) is 2.09. The van der Waals surface area contributed by atoms with Crippen LogP contribution in [0.15, 0.2) is 42.0 Å². The van der Waals surface area contributed by atoms with E-state index in [1.807, 2.05) is 30.3 Å². The van der Waals surface area contributed by atoms with E-state index in [2.05, 4.69) is 6.08 Å². The maximum atomic E-state index is 12.6. The summed E-state index contributed by atoms with van der Waals surface area (Å²) in [5.74, 6) is -1.08. The van der Waals surface area contributed by atoms with Crippen molar-refractivity contribution in [1.29, 1.82) is 0 Å². The smallest absolute Gasteiger partial charge is 0.326 e. The number of benzene rings is 1. The first-order valence-corrected chi connectivity index (χ1v) is 7.82. The number of hydrogen-bond acceptors (Lipinski definition) is 2. The second-order valence-corrected chi connectivity index (χ2v) is 5.81. The summed E-state index contributed by atoms with van der Waals surface area (Å²) >= 11 is 0. The van der Waals surface area contributed by atoms with Crippen molar-refractivity contribution in [2.45, 2.75) is 51.6 Å². The number of allylic oxidation sites excluding steroid dienone is 1. The summed E-state index contributed by atoms with van der Waals surface area (Å²) in [5, 5.41) is 9.28. The lowest BCUT2D eigenvalue weighted by atomic mass is 9.96. The molecule has 1 unspecified atom stereocenters. The van der Waals surface area contributed by atoms with Crippen molar-refractivity contribution in [3.63, 3.8) is 0 Å². The van der Waals surface area contributed by atoms with Gasteiger partial charge in [-0.05, 0) is 38.2 Å². The van der Waals surface area contributed by atoms with Gasteiger partial charge < -0.3 is 10.0 Å². The Bertz CT molecular complexity index is 551. The molecule has 22 heavy (non-hydrogen) atoms. The van der Waals surface area contributed by atoms with E-state index in [9.17, 15) is 14.7 Å². The molecule has 1 N–H and O–H groups in total. The molecule has 0 bridgehead atoms. The number of carbonyl (C=O) groups excluding carboxylic acids is 1. The van der Waals surface area contributed by atoms with Gasteiger partial charge in [-0.15, -0.1) is 0 Å². The maximum Gasteiger partial charge on any atom is 0.326 e. The van der Waals surface area contributed by atoms with Gasteiger partial charge in [0.15, 0.2) is 0 Å². The largest absolute Gasteiger partial charge is 0.480 e. The highest BCUT2D eigenvalue weighted by molar-refractivity contribution is 5.84. The Hall–Kier alpha value is -2.10. The first-order valence-electron chi connectivity index (χ1n) is 7.82. The molecule has 0 saturated heterocycles. The van der Waals surface area contributed by atoms with Gasteiger partial charge in [0.1, 0.15) is 6.04 Å². The molecule has 118 valence electrons. The number of amides is 1. The number of hydrogen-bond donors (Lipinski definition) is 1. The van der Waals surface area contributed by atoms with Crippen molar-refractivity contribution in [2.24, 2.45) is 0 Å². The third-order valence-corrected chi connectivity index (χ3v) is 4.10. The molecule has 4 nitrogen and oxygen atoms in total. The summed E-state index contributed by atoms with van der Waals surface area (Å²) in [6, 6.07) is 8.70. The maximum absolute atomic E-state index is 12.6. The van der Waals surface area contributed by atoms with E-state index >= 15 is 0 Å². The van der Waals surface area contributed by atoms with Crippen molar-refractivity contribution < 1.29 is 14.7 Å². The molecule has 0 spiro atoms. The van der Waals surface area contributed by atoms with Crippen LogP contribution in [-0.4, -0.2) is 27.9 Å². The molecule has 0 saturated carbocycles. The van der Waals surface area contributed by atoms with Crippen LogP contribution in [-0.2, 0) is 16.1 Å². The zero-order valence-corrected chi connectivity index (χ0v) is 13.0. The standard InChI is InChI=1S/C18H23NO3/c1-14(18(21)22)19(13-16-10-6-3-7-11-16)17(20)12-15-8-4-2-5-9-15/h3,6-8,10-11,14H,2,4-5,9,12-13H2,1H3,(H,21,22). The van der Waals surface area contributed by atoms with Crippen LogP contribution in [0.5, 0.6) is 0 Å². The SMILES string of the molecule is CC(C(=O)O)N(Cc1ccccc1)C(=O)CC1=CCCCC1. The fourth-order valence-corrected chi connectivity index (χ4v) is 2.72. The Morgan fingerprint density at radius 3 is 2.55 bits per heavy atom. The van der Waals surface area contributed by atoms with E-state index in [1.165, 1.54) is 11.3 Å². The van der Waals surface area contributed by atoms with Crippen LogP contribution in [0, 0.1) is 0 Å². The van der Waals surface area contributed by atoms with Crippen LogP contribution in [0.2, 0.25) is 0 Å². The summed E-state index contributed by atoms with van der Waals surface area (Å²) < 4.78 is 0. The molecule has 0 aliphatic heterocycles. The normalized spacial score (nSPS) is 15.8. The second kappa shape index (κ2) is 7.78. The van der Waals surface area contributed by atoms with Crippen molar-refractivity contribution in [3.05, 3.63) is 47.5 Å². The molecular formula is C18H23NO3. The first kappa shape index (κ1) is 16.3. The fourth-order valence-electron chi connectivity index (χ4n) is 2.72. The molecule has 1 aliphatic rings. The minimum absolute atomic E-state index is 0.105. The van der Waals surface area contributed by atoms with Crippen LogP contribution in [0.1, 0.15) is 44.6 Å². The highest BCUT2D eigenvalue weighted by Gasteiger charge is 2.26. The lowest BCUT2D eigenvalue weighted by molar-refractivity contribution is -0.149. The van der Waals surface area contributed by atoms with Crippen LogP contribution in [0.4, 0.5) is 0 Å². The van der Waals surface area contributed by atoms with Gasteiger partial charge >= 0.3 is 5.97 Å². The summed E-state index contributed by atoms with van der Waals surface area (Å²) in [6.45, 7) is 1.90. The Balaban J connectivity index is 2.11. The molecule has 0 aromatic heterocycles. The van der Waals surface area contributed by atoms with Crippen LogP contribution in [0.3, 0.4) is 0 Å². The van der Waals surface area contributed by atoms with E-state index in [1.54, 1.807) is 6.92 Å². The minimum atomic E-state index is -0.970. The van der Waals surface area contributed by atoms with E-state index in [0.29, 0.717) is 13.0 Å². The van der Waals surface area contributed by atoms with Crippen LogP contribution >= 0.6 is 0 Å². The van der Waals surface area contributed by atoms with Gasteiger partial charge in [-0.2, -0.15) is 0 Å². The molecule has 1 aromatic carbocycles. The van der Waals surface area contributed by atoms with Crippen molar-refractivity contribution in [3.8, 4) is 0 Å². The molecule has 0 fully saturated rings. The Morgan fingerprint density at radius 2 is 1.95 bits per heavy atom. The predicted octanol–water partition coefficient (Wildman–Crippen LogP) is 3.38.